The van der Waals surface area contributed by atoms with E-state index in [2.05, 4.69) is 15.3 Å². The maximum atomic E-state index is 12.5. The summed E-state index contributed by atoms with van der Waals surface area (Å²) in [7, 11) is 0. The van der Waals surface area contributed by atoms with Crippen molar-refractivity contribution in [3.05, 3.63) is 65.5 Å². The second-order valence-electron chi connectivity index (χ2n) is 6.51. The lowest BCUT2D eigenvalue weighted by Gasteiger charge is -2.23. The third-order valence-electron chi connectivity index (χ3n) is 4.80. The second-order valence-corrected chi connectivity index (χ2v) is 6.51. The van der Waals surface area contributed by atoms with Crippen molar-refractivity contribution >= 4 is 22.8 Å². The molecule has 1 unspecified atom stereocenters. The highest BCUT2D eigenvalue weighted by molar-refractivity contribution is 6.01. The van der Waals surface area contributed by atoms with Crippen molar-refractivity contribution in [3.63, 3.8) is 0 Å². The van der Waals surface area contributed by atoms with E-state index < -0.39 is 6.04 Å². The van der Waals surface area contributed by atoms with Crippen LogP contribution in [0, 0.1) is 0 Å². The van der Waals surface area contributed by atoms with E-state index >= 15 is 0 Å². The first kappa shape index (κ1) is 16.3. The number of para-hydroxylation sites is 2. The molecule has 0 spiro atoms. The molecule has 1 atom stereocenters. The van der Waals surface area contributed by atoms with E-state index in [0.717, 1.165) is 22.4 Å². The summed E-state index contributed by atoms with van der Waals surface area (Å²) >= 11 is 0. The number of aromatic nitrogens is 2. The summed E-state index contributed by atoms with van der Waals surface area (Å²) in [4.78, 5) is 34.3. The Morgan fingerprint density at radius 1 is 1.23 bits per heavy atom. The fraction of sp³-hybridized carbons (Fsp3) is 0.250. The number of H-pyrrole nitrogens is 1. The van der Waals surface area contributed by atoms with E-state index in [1.54, 1.807) is 11.8 Å². The Kier molecular flexibility index (Phi) is 4.16. The highest BCUT2D eigenvalue weighted by Gasteiger charge is 2.33. The Balaban J connectivity index is 1.34. The van der Waals surface area contributed by atoms with Gasteiger partial charge in [0.2, 0.25) is 5.91 Å². The molecule has 0 saturated carbocycles. The first-order valence-corrected chi connectivity index (χ1v) is 8.73. The molecule has 2 heterocycles. The predicted octanol–water partition coefficient (Wildman–Crippen LogP) is 2.27. The zero-order valence-corrected chi connectivity index (χ0v) is 14.5. The van der Waals surface area contributed by atoms with Crippen LogP contribution < -0.4 is 5.32 Å². The van der Waals surface area contributed by atoms with Crippen molar-refractivity contribution in [1.82, 2.24) is 20.2 Å². The highest BCUT2D eigenvalue weighted by Crippen LogP contribution is 2.24. The number of hydrogen-bond donors (Lipinski definition) is 2. The van der Waals surface area contributed by atoms with Crippen LogP contribution in [0.25, 0.3) is 11.0 Å². The molecule has 0 bridgehead atoms. The molecule has 1 aromatic heterocycles. The maximum Gasteiger partial charge on any atom is 0.255 e. The molecule has 1 aliphatic rings. The molecule has 2 N–H and O–H groups in total. The lowest BCUT2D eigenvalue weighted by Crippen LogP contribution is -2.45. The number of nitrogens with one attached hydrogen (secondary N) is 2. The van der Waals surface area contributed by atoms with E-state index in [1.165, 1.54) is 0 Å². The molecular formula is C20H20N4O2. The van der Waals surface area contributed by atoms with Crippen LogP contribution in [0.2, 0.25) is 0 Å². The van der Waals surface area contributed by atoms with Crippen molar-refractivity contribution in [1.29, 1.82) is 0 Å². The Morgan fingerprint density at radius 2 is 2.00 bits per heavy atom. The number of rotatable bonds is 5. The number of aromatic amines is 1. The van der Waals surface area contributed by atoms with Crippen molar-refractivity contribution in [2.24, 2.45) is 0 Å². The van der Waals surface area contributed by atoms with E-state index in [-0.39, 0.29) is 11.8 Å². The van der Waals surface area contributed by atoms with Gasteiger partial charge in [0.15, 0.2) is 0 Å². The van der Waals surface area contributed by atoms with Gasteiger partial charge in [-0.15, -0.1) is 0 Å². The average Bonchev–Trinajstić information content (AvgIpc) is 3.22. The topological polar surface area (TPSA) is 78.1 Å². The SMILES string of the molecule is CC(C(=O)NCCc1nc2ccccc2[nH]1)N1Cc2ccccc2C1=O. The van der Waals surface area contributed by atoms with Crippen LogP contribution in [0.3, 0.4) is 0 Å². The molecule has 0 radical (unpaired) electrons. The van der Waals surface area contributed by atoms with Crippen molar-refractivity contribution in [3.8, 4) is 0 Å². The smallest absolute Gasteiger partial charge is 0.255 e. The van der Waals surface area contributed by atoms with E-state index in [1.807, 2.05) is 48.5 Å². The van der Waals surface area contributed by atoms with Gasteiger partial charge < -0.3 is 15.2 Å². The monoisotopic (exact) mass is 348 g/mol. The van der Waals surface area contributed by atoms with Gasteiger partial charge in [-0.1, -0.05) is 30.3 Å². The lowest BCUT2D eigenvalue weighted by molar-refractivity contribution is -0.125. The Morgan fingerprint density at radius 3 is 2.81 bits per heavy atom. The number of carbonyl (C=O) groups excluding carboxylic acids is 2. The number of amides is 2. The van der Waals surface area contributed by atoms with Gasteiger partial charge in [0, 0.05) is 25.1 Å². The van der Waals surface area contributed by atoms with Gasteiger partial charge in [0.25, 0.3) is 5.91 Å². The van der Waals surface area contributed by atoms with Crippen molar-refractivity contribution in [2.45, 2.75) is 25.9 Å². The van der Waals surface area contributed by atoms with Crippen LogP contribution in [0.1, 0.15) is 28.7 Å². The third-order valence-corrected chi connectivity index (χ3v) is 4.80. The number of nitrogens with zero attached hydrogens (tertiary/aromatic N) is 2. The quantitative estimate of drug-likeness (QED) is 0.742. The van der Waals surface area contributed by atoms with E-state index in [4.69, 9.17) is 0 Å². The standard InChI is InChI=1S/C20H20N4O2/c1-13(24-12-14-6-2-3-7-15(14)20(24)26)19(25)21-11-10-18-22-16-8-4-5-9-17(16)23-18/h2-9,13H,10-12H2,1H3,(H,21,25)(H,22,23). The number of hydrogen-bond acceptors (Lipinski definition) is 3. The lowest BCUT2D eigenvalue weighted by atomic mass is 10.1. The number of fused-ring (bicyclic) bond motifs is 2. The summed E-state index contributed by atoms with van der Waals surface area (Å²) in [5.74, 6) is 0.603. The van der Waals surface area contributed by atoms with Crippen molar-refractivity contribution in [2.75, 3.05) is 6.54 Å². The van der Waals surface area contributed by atoms with Gasteiger partial charge in [0.05, 0.1) is 11.0 Å². The van der Waals surface area contributed by atoms with Gasteiger partial charge in [-0.3, -0.25) is 9.59 Å². The highest BCUT2D eigenvalue weighted by atomic mass is 16.2. The molecule has 0 saturated heterocycles. The summed E-state index contributed by atoms with van der Waals surface area (Å²) < 4.78 is 0. The molecule has 3 aromatic rings. The average molecular weight is 348 g/mol. The molecule has 1 aliphatic heterocycles. The summed E-state index contributed by atoms with van der Waals surface area (Å²) in [5.41, 5.74) is 3.57. The second kappa shape index (κ2) is 6.63. The minimum atomic E-state index is -0.509. The van der Waals surface area contributed by atoms with Gasteiger partial charge in [0.1, 0.15) is 11.9 Å². The largest absolute Gasteiger partial charge is 0.354 e. The first-order chi connectivity index (χ1) is 12.6. The van der Waals surface area contributed by atoms with Crippen LogP contribution in [0.5, 0.6) is 0 Å². The van der Waals surface area contributed by atoms with Gasteiger partial charge in [-0.05, 0) is 30.7 Å². The van der Waals surface area contributed by atoms with Gasteiger partial charge >= 0.3 is 0 Å². The fourth-order valence-corrected chi connectivity index (χ4v) is 3.31. The summed E-state index contributed by atoms with van der Waals surface area (Å²) in [6, 6.07) is 14.8. The number of benzene rings is 2. The Bertz CT molecular complexity index is 946. The summed E-state index contributed by atoms with van der Waals surface area (Å²) in [6.07, 6.45) is 0.612. The van der Waals surface area contributed by atoms with E-state index in [9.17, 15) is 9.59 Å². The Labute approximate surface area is 151 Å². The zero-order chi connectivity index (χ0) is 18.1. The van der Waals surface area contributed by atoms with Gasteiger partial charge in [-0.2, -0.15) is 0 Å². The first-order valence-electron chi connectivity index (χ1n) is 8.73. The van der Waals surface area contributed by atoms with Crippen LogP contribution in [0.4, 0.5) is 0 Å². The minimum absolute atomic E-state index is 0.0828. The zero-order valence-electron chi connectivity index (χ0n) is 14.5. The molecule has 6 heteroatoms. The molecule has 6 nitrogen and oxygen atoms in total. The predicted molar refractivity (Wildman–Crippen MR) is 98.6 cm³/mol. The Hall–Kier alpha value is -3.15. The number of imidazole rings is 1. The van der Waals surface area contributed by atoms with Gasteiger partial charge in [-0.25, -0.2) is 4.98 Å². The molecule has 4 rings (SSSR count). The van der Waals surface area contributed by atoms with E-state index in [0.29, 0.717) is 25.1 Å². The molecule has 0 fully saturated rings. The molecule has 26 heavy (non-hydrogen) atoms. The molecular weight excluding hydrogens is 328 g/mol. The minimum Gasteiger partial charge on any atom is -0.354 e. The summed E-state index contributed by atoms with van der Waals surface area (Å²) in [6.45, 7) is 2.71. The number of carbonyl (C=O) groups is 2. The van der Waals surface area contributed by atoms with Crippen molar-refractivity contribution < 1.29 is 9.59 Å². The summed E-state index contributed by atoms with van der Waals surface area (Å²) in [5, 5.41) is 2.91. The van der Waals surface area contributed by atoms with Crippen LogP contribution in [-0.2, 0) is 17.8 Å². The molecule has 0 aliphatic carbocycles. The fourth-order valence-electron chi connectivity index (χ4n) is 3.31. The van der Waals surface area contributed by atoms with Crippen LogP contribution >= 0.6 is 0 Å². The molecule has 2 aromatic carbocycles. The van der Waals surface area contributed by atoms with Crippen LogP contribution in [0.15, 0.2) is 48.5 Å². The normalized spacial score (nSPS) is 14.5. The maximum absolute atomic E-state index is 12.5. The molecule has 2 amide bonds. The third kappa shape index (κ3) is 2.94. The molecule has 132 valence electrons. The van der Waals surface area contributed by atoms with Crippen LogP contribution in [-0.4, -0.2) is 39.3 Å².